The second-order valence-corrected chi connectivity index (χ2v) is 12.8. The van der Waals surface area contributed by atoms with Gasteiger partial charge in [0.1, 0.15) is 5.60 Å². The van der Waals surface area contributed by atoms with E-state index in [9.17, 15) is 22.8 Å². The number of methoxy groups -OCH3 is 1. The quantitative estimate of drug-likeness (QED) is 0.262. The van der Waals surface area contributed by atoms with Gasteiger partial charge in [0, 0.05) is 25.0 Å². The average Bonchev–Trinajstić information content (AvgIpc) is 3.81. The number of hydrogen-bond donors (Lipinski definition) is 1. The number of likely N-dealkylation sites (tertiary alicyclic amines) is 1. The molecule has 0 atom stereocenters. The van der Waals surface area contributed by atoms with Crippen LogP contribution in [0.4, 0.5) is 29.6 Å². The number of amides is 1. The SMILES string of the molecule is COC(=O)C1(c2ccccc2CCc2nc(Nc3ccc(C4CCN(C(=O)OC(C)(C)C)CC4)cc3)ncc2C(F)(F)F)CC1. The number of benzene rings is 2. The Morgan fingerprint density at radius 1 is 1.00 bits per heavy atom. The summed E-state index contributed by atoms with van der Waals surface area (Å²) < 4.78 is 52.3. The molecule has 0 radical (unpaired) electrons. The van der Waals surface area contributed by atoms with Crippen molar-refractivity contribution in [3.63, 3.8) is 0 Å². The molecule has 0 spiro atoms. The van der Waals surface area contributed by atoms with Crippen LogP contribution in [-0.2, 0) is 38.7 Å². The lowest BCUT2D eigenvalue weighted by molar-refractivity contribution is -0.143. The summed E-state index contributed by atoms with van der Waals surface area (Å²) in [7, 11) is 1.35. The lowest BCUT2D eigenvalue weighted by Crippen LogP contribution is -2.41. The van der Waals surface area contributed by atoms with Crippen LogP contribution < -0.4 is 5.32 Å². The van der Waals surface area contributed by atoms with E-state index in [1.54, 1.807) is 4.90 Å². The molecule has 45 heavy (non-hydrogen) atoms. The Morgan fingerprint density at radius 2 is 1.67 bits per heavy atom. The van der Waals surface area contributed by atoms with E-state index in [0.29, 0.717) is 31.6 Å². The number of aryl methyl sites for hydroxylation is 2. The number of esters is 1. The van der Waals surface area contributed by atoms with Crippen molar-refractivity contribution in [2.45, 2.75) is 82.4 Å². The van der Waals surface area contributed by atoms with Crippen LogP contribution in [0.25, 0.3) is 0 Å². The Morgan fingerprint density at radius 3 is 2.27 bits per heavy atom. The predicted octanol–water partition coefficient (Wildman–Crippen LogP) is 7.34. The second kappa shape index (κ2) is 12.7. The minimum absolute atomic E-state index is 0.0151. The minimum Gasteiger partial charge on any atom is -0.468 e. The van der Waals surface area contributed by atoms with Crippen molar-refractivity contribution in [3.05, 3.63) is 82.7 Å². The molecule has 2 aliphatic rings. The molecule has 240 valence electrons. The molecule has 0 bridgehead atoms. The van der Waals surface area contributed by atoms with Crippen LogP contribution >= 0.6 is 0 Å². The smallest absolute Gasteiger partial charge is 0.419 e. The number of carbonyl (C=O) groups excluding carboxylic acids is 2. The largest absolute Gasteiger partial charge is 0.468 e. The number of alkyl halides is 3. The van der Waals surface area contributed by atoms with E-state index in [4.69, 9.17) is 9.47 Å². The van der Waals surface area contributed by atoms with E-state index in [1.807, 2.05) is 69.3 Å². The summed E-state index contributed by atoms with van der Waals surface area (Å²) >= 11 is 0. The van der Waals surface area contributed by atoms with Gasteiger partial charge in [0.25, 0.3) is 0 Å². The number of carbonyl (C=O) groups is 2. The van der Waals surface area contributed by atoms with Gasteiger partial charge in [-0.1, -0.05) is 36.4 Å². The summed E-state index contributed by atoms with van der Waals surface area (Å²) in [5, 5.41) is 3.04. The molecule has 1 aromatic heterocycles. The van der Waals surface area contributed by atoms with Crippen molar-refractivity contribution in [1.82, 2.24) is 14.9 Å². The Labute approximate surface area is 261 Å². The van der Waals surface area contributed by atoms with E-state index >= 15 is 0 Å². The third kappa shape index (κ3) is 7.57. The van der Waals surface area contributed by atoms with Crippen molar-refractivity contribution < 1.29 is 32.2 Å². The van der Waals surface area contributed by atoms with Gasteiger partial charge in [-0.05, 0) is 94.0 Å². The molecule has 1 saturated carbocycles. The van der Waals surface area contributed by atoms with Crippen LogP contribution in [0.5, 0.6) is 0 Å². The van der Waals surface area contributed by atoms with Gasteiger partial charge in [-0.2, -0.15) is 13.2 Å². The number of nitrogens with zero attached hydrogens (tertiary/aromatic N) is 3. The van der Waals surface area contributed by atoms with Gasteiger partial charge in [0.2, 0.25) is 5.95 Å². The second-order valence-electron chi connectivity index (χ2n) is 12.8. The normalized spacial score (nSPS) is 16.6. The molecule has 1 N–H and O–H groups in total. The molecule has 5 rings (SSSR count). The highest BCUT2D eigenvalue weighted by molar-refractivity contribution is 5.87. The summed E-state index contributed by atoms with van der Waals surface area (Å²) in [6, 6.07) is 15.0. The fourth-order valence-corrected chi connectivity index (χ4v) is 5.96. The van der Waals surface area contributed by atoms with Crippen molar-refractivity contribution in [2.75, 3.05) is 25.5 Å². The first-order chi connectivity index (χ1) is 21.3. The van der Waals surface area contributed by atoms with Crippen LogP contribution in [0, 0.1) is 0 Å². The molecule has 11 heteroatoms. The van der Waals surface area contributed by atoms with Crippen molar-refractivity contribution >= 4 is 23.7 Å². The maximum atomic E-state index is 13.9. The van der Waals surface area contributed by atoms with Crippen LogP contribution in [0.1, 0.15) is 80.3 Å². The topological polar surface area (TPSA) is 93.7 Å². The number of aromatic nitrogens is 2. The van der Waals surface area contributed by atoms with Crippen molar-refractivity contribution in [1.29, 1.82) is 0 Å². The maximum absolute atomic E-state index is 13.9. The highest BCUT2D eigenvalue weighted by Crippen LogP contribution is 2.50. The van der Waals surface area contributed by atoms with Gasteiger partial charge in [0.05, 0.1) is 23.8 Å². The molecule has 1 saturated heterocycles. The lowest BCUT2D eigenvalue weighted by atomic mass is 9.89. The number of piperidine rings is 1. The zero-order chi connectivity index (χ0) is 32.4. The Hall–Kier alpha value is -4.15. The summed E-state index contributed by atoms with van der Waals surface area (Å²) in [6.45, 7) is 6.76. The molecule has 3 aromatic rings. The first kappa shape index (κ1) is 32.2. The van der Waals surface area contributed by atoms with Crippen LogP contribution in [0.3, 0.4) is 0 Å². The molecular weight excluding hydrogens is 585 g/mol. The molecule has 0 unspecified atom stereocenters. The summed E-state index contributed by atoms with van der Waals surface area (Å²) in [5.74, 6) is 0.0261. The maximum Gasteiger partial charge on any atom is 0.419 e. The van der Waals surface area contributed by atoms with E-state index in [-0.39, 0.29) is 42.5 Å². The number of anilines is 2. The zero-order valence-corrected chi connectivity index (χ0v) is 26.0. The van der Waals surface area contributed by atoms with Crippen LogP contribution in [-0.4, -0.2) is 52.7 Å². The fraction of sp³-hybridized carbons (Fsp3) is 0.471. The molecule has 8 nitrogen and oxygen atoms in total. The Kier molecular flexibility index (Phi) is 9.09. The van der Waals surface area contributed by atoms with Gasteiger partial charge in [0.15, 0.2) is 0 Å². The standard InChI is InChI=1S/C34H39F3N4O4/c1-32(2,3)45-31(43)41-19-15-23(16-20-41)22-9-12-25(13-10-22)39-30-38-21-27(34(35,36)37)28(40-30)14-11-24-7-5-6-8-26(24)33(17-18-33)29(42)44-4/h5-10,12-13,21,23H,11,14-20H2,1-4H3,(H,38,39,40). The van der Waals surface area contributed by atoms with Gasteiger partial charge >= 0.3 is 18.2 Å². The average molecular weight is 625 g/mol. The third-order valence-corrected chi connectivity index (χ3v) is 8.45. The predicted molar refractivity (Wildman–Crippen MR) is 163 cm³/mol. The van der Waals surface area contributed by atoms with Gasteiger partial charge in [-0.3, -0.25) is 4.79 Å². The van der Waals surface area contributed by atoms with Crippen molar-refractivity contribution in [3.8, 4) is 0 Å². The molecule has 1 aliphatic carbocycles. The first-order valence-electron chi connectivity index (χ1n) is 15.2. The Balaban J connectivity index is 1.26. The molecule has 2 fully saturated rings. The minimum atomic E-state index is -4.61. The number of rotatable bonds is 8. The van der Waals surface area contributed by atoms with Crippen LogP contribution in [0.15, 0.2) is 54.7 Å². The number of hydrogen-bond acceptors (Lipinski definition) is 7. The zero-order valence-electron chi connectivity index (χ0n) is 26.0. The Bertz CT molecular complexity index is 1520. The van der Waals surface area contributed by atoms with E-state index in [1.165, 1.54) is 7.11 Å². The van der Waals surface area contributed by atoms with E-state index in [2.05, 4.69) is 15.3 Å². The summed E-state index contributed by atoms with van der Waals surface area (Å²) in [4.78, 5) is 34.9. The number of nitrogens with one attached hydrogen (secondary N) is 1. The number of halogens is 3. The van der Waals surface area contributed by atoms with E-state index in [0.717, 1.165) is 35.7 Å². The van der Waals surface area contributed by atoms with Gasteiger partial charge in [-0.15, -0.1) is 0 Å². The highest BCUT2D eigenvalue weighted by Gasteiger charge is 2.53. The van der Waals surface area contributed by atoms with Crippen molar-refractivity contribution in [2.24, 2.45) is 0 Å². The molecule has 2 heterocycles. The highest BCUT2D eigenvalue weighted by atomic mass is 19.4. The molecular formula is C34H39F3N4O4. The van der Waals surface area contributed by atoms with Gasteiger partial charge < -0.3 is 19.7 Å². The summed E-state index contributed by atoms with van der Waals surface area (Å²) in [6.07, 6.45) is -0.891. The monoisotopic (exact) mass is 624 g/mol. The summed E-state index contributed by atoms with van der Waals surface area (Å²) in [5.41, 5.74) is 1.11. The van der Waals surface area contributed by atoms with E-state index < -0.39 is 22.8 Å². The third-order valence-electron chi connectivity index (χ3n) is 8.45. The fourth-order valence-electron chi connectivity index (χ4n) is 5.96. The number of ether oxygens (including phenoxy) is 2. The lowest BCUT2D eigenvalue weighted by Gasteiger charge is -2.33. The first-order valence-corrected chi connectivity index (χ1v) is 15.2. The molecule has 2 aromatic carbocycles. The molecule has 1 amide bonds. The van der Waals surface area contributed by atoms with Gasteiger partial charge in [-0.25, -0.2) is 14.8 Å². The molecule has 1 aliphatic heterocycles. The van der Waals surface area contributed by atoms with Crippen LogP contribution in [0.2, 0.25) is 0 Å².